The van der Waals surface area contributed by atoms with Crippen LogP contribution in [-0.2, 0) is 11.3 Å². The third-order valence-corrected chi connectivity index (χ3v) is 5.29. The van der Waals surface area contributed by atoms with Crippen molar-refractivity contribution in [3.05, 3.63) is 71.1 Å². The number of rotatable bonds is 7. The number of carbonyl (C=O) groups excluding carboxylic acids is 1. The number of hydrogen-bond acceptors (Lipinski definition) is 9. The number of pyridine rings is 1. The summed E-state index contributed by atoms with van der Waals surface area (Å²) in [6, 6.07) is 7.78. The number of esters is 1. The second kappa shape index (κ2) is 8.77. The van der Waals surface area contributed by atoms with Gasteiger partial charge >= 0.3 is 11.7 Å². The minimum Gasteiger partial charge on any atom is -0.461 e. The molecule has 4 aromatic heterocycles. The van der Waals surface area contributed by atoms with Crippen molar-refractivity contribution in [3.63, 3.8) is 0 Å². The van der Waals surface area contributed by atoms with Crippen molar-refractivity contribution in [2.24, 2.45) is 0 Å². The van der Waals surface area contributed by atoms with Gasteiger partial charge < -0.3 is 14.6 Å². The van der Waals surface area contributed by atoms with E-state index in [-0.39, 0.29) is 18.0 Å². The largest absolute Gasteiger partial charge is 0.461 e. The summed E-state index contributed by atoms with van der Waals surface area (Å²) < 4.78 is 13.0. The lowest BCUT2D eigenvalue weighted by atomic mass is 10.1. The van der Waals surface area contributed by atoms with E-state index in [2.05, 4.69) is 25.4 Å². The van der Waals surface area contributed by atoms with Gasteiger partial charge in [0, 0.05) is 49.6 Å². The topological polar surface area (TPSA) is 129 Å². The fraction of sp³-hybridized carbons (Fsp3) is 0.217. The van der Waals surface area contributed by atoms with Crippen molar-refractivity contribution in [1.82, 2.24) is 29.1 Å². The van der Waals surface area contributed by atoms with E-state index < -0.39 is 5.97 Å². The average Bonchev–Trinajstić information content (AvgIpc) is 3.42. The standard InChI is InChI=1S/C23H21N7O4/c1-3-33-22(31)19-13-30-17(11-26-19)12-29(23(30)32)9-8-25-21-18-10-16(20-27-14(2)34-28-20)5-4-15(18)6-7-24-21/h4-7,10-13H,3,8-9H2,1-2H3,(H,24,25). The highest BCUT2D eigenvalue weighted by molar-refractivity contribution is 5.94. The zero-order valence-electron chi connectivity index (χ0n) is 18.6. The summed E-state index contributed by atoms with van der Waals surface area (Å²) in [7, 11) is 0. The Morgan fingerprint density at radius 3 is 2.88 bits per heavy atom. The van der Waals surface area contributed by atoms with Gasteiger partial charge in [0.2, 0.25) is 11.7 Å². The zero-order chi connectivity index (χ0) is 23.7. The second-order valence-corrected chi connectivity index (χ2v) is 7.55. The van der Waals surface area contributed by atoms with Crippen molar-refractivity contribution in [3.8, 4) is 11.4 Å². The van der Waals surface area contributed by atoms with Crippen molar-refractivity contribution in [2.45, 2.75) is 20.4 Å². The van der Waals surface area contributed by atoms with Crippen molar-refractivity contribution < 1.29 is 14.1 Å². The van der Waals surface area contributed by atoms with E-state index in [1.165, 1.54) is 16.8 Å². The van der Waals surface area contributed by atoms with E-state index in [1.54, 1.807) is 30.8 Å². The van der Waals surface area contributed by atoms with E-state index in [0.29, 0.717) is 36.1 Å². The molecule has 0 fully saturated rings. The minimum absolute atomic E-state index is 0.0832. The highest BCUT2D eigenvalue weighted by atomic mass is 16.5. The predicted molar refractivity (Wildman–Crippen MR) is 124 cm³/mol. The first kappa shape index (κ1) is 21.3. The first-order chi connectivity index (χ1) is 16.5. The van der Waals surface area contributed by atoms with Gasteiger partial charge in [-0.2, -0.15) is 4.98 Å². The maximum atomic E-state index is 12.8. The molecule has 0 amide bonds. The number of nitrogens with one attached hydrogen (secondary N) is 1. The molecule has 5 aromatic rings. The molecule has 5 rings (SSSR count). The fourth-order valence-corrected chi connectivity index (χ4v) is 3.67. The quantitative estimate of drug-likeness (QED) is 0.365. The van der Waals surface area contributed by atoms with E-state index in [1.807, 2.05) is 24.3 Å². The molecule has 4 heterocycles. The summed E-state index contributed by atoms with van der Waals surface area (Å²) in [6.07, 6.45) is 6.29. The lowest BCUT2D eigenvalue weighted by Crippen LogP contribution is -2.24. The number of aryl methyl sites for hydroxylation is 1. The van der Waals surface area contributed by atoms with Gasteiger partial charge in [0.15, 0.2) is 5.69 Å². The molecule has 0 aliphatic rings. The first-order valence-electron chi connectivity index (χ1n) is 10.7. The van der Waals surface area contributed by atoms with Gasteiger partial charge in [-0.05, 0) is 24.4 Å². The Morgan fingerprint density at radius 2 is 2.09 bits per heavy atom. The smallest absolute Gasteiger partial charge is 0.358 e. The summed E-state index contributed by atoms with van der Waals surface area (Å²) in [4.78, 5) is 37.6. The third kappa shape index (κ3) is 3.98. The molecule has 34 heavy (non-hydrogen) atoms. The molecular weight excluding hydrogens is 438 g/mol. The predicted octanol–water partition coefficient (Wildman–Crippen LogP) is 2.69. The van der Waals surface area contributed by atoms with Gasteiger partial charge in [-0.1, -0.05) is 17.3 Å². The van der Waals surface area contributed by atoms with Crippen LogP contribution in [0.2, 0.25) is 0 Å². The SMILES string of the molecule is CCOC(=O)c1cn2c(=O)n(CCNc3nccc4ccc(-c5noc(C)n5)cc34)cc2cn1. The molecule has 0 atom stereocenters. The Hall–Kier alpha value is -4.54. The third-order valence-electron chi connectivity index (χ3n) is 5.29. The summed E-state index contributed by atoms with van der Waals surface area (Å²) >= 11 is 0. The maximum absolute atomic E-state index is 12.8. The Bertz CT molecular complexity index is 1570. The molecule has 1 N–H and O–H groups in total. The highest BCUT2D eigenvalue weighted by Crippen LogP contribution is 2.26. The number of fused-ring (bicyclic) bond motifs is 2. The van der Waals surface area contributed by atoms with Crippen LogP contribution in [0.3, 0.4) is 0 Å². The molecule has 1 aromatic carbocycles. The van der Waals surface area contributed by atoms with Crippen molar-refractivity contribution >= 4 is 28.1 Å². The molecule has 172 valence electrons. The molecule has 11 heteroatoms. The van der Waals surface area contributed by atoms with Gasteiger partial charge in [-0.25, -0.2) is 19.6 Å². The Morgan fingerprint density at radius 1 is 1.21 bits per heavy atom. The van der Waals surface area contributed by atoms with Crippen LogP contribution in [0.5, 0.6) is 0 Å². The minimum atomic E-state index is -0.567. The summed E-state index contributed by atoms with van der Waals surface area (Å²) in [5, 5.41) is 9.19. The van der Waals surface area contributed by atoms with E-state index in [9.17, 15) is 9.59 Å². The summed E-state index contributed by atoms with van der Waals surface area (Å²) in [6.45, 7) is 4.53. The van der Waals surface area contributed by atoms with Gasteiger partial charge in [0.1, 0.15) is 5.82 Å². The number of nitrogens with zero attached hydrogens (tertiary/aromatic N) is 6. The van der Waals surface area contributed by atoms with E-state index in [0.717, 1.165) is 16.3 Å². The van der Waals surface area contributed by atoms with Gasteiger partial charge in [0.25, 0.3) is 0 Å². The number of imidazole rings is 1. The number of hydrogen-bond donors (Lipinski definition) is 1. The monoisotopic (exact) mass is 459 g/mol. The van der Waals surface area contributed by atoms with Crippen LogP contribution in [0.25, 0.3) is 27.7 Å². The Balaban J connectivity index is 1.36. The van der Waals surface area contributed by atoms with Crippen molar-refractivity contribution in [2.75, 3.05) is 18.5 Å². The fourth-order valence-electron chi connectivity index (χ4n) is 3.67. The molecular formula is C23H21N7O4. The van der Waals surface area contributed by atoms with E-state index >= 15 is 0 Å². The molecule has 0 bridgehead atoms. The lowest BCUT2D eigenvalue weighted by Gasteiger charge is -2.09. The number of aromatic nitrogens is 6. The lowest BCUT2D eigenvalue weighted by molar-refractivity contribution is 0.0519. The summed E-state index contributed by atoms with van der Waals surface area (Å²) in [5.74, 6) is 1.12. The van der Waals surface area contributed by atoms with Crippen LogP contribution in [0.1, 0.15) is 23.3 Å². The second-order valence-electron chi connectivity index (χ2n) is 7.55. The number of benzene rings is 1. The first-order valence-corrected chi connectivity index (χ1v) is 10.7. The number of carbonyl (C=O) groups is 1. The molecule has 11 nitrogen and oxygen atoms in total. The van der Waals surface area contributed by atoms with Crippen LogP contribution in [0.15, 0.2) is 58.4 Å². The molecule has 0 radical (unpaired) electrons. The van der Waals surface area contributed by atoms with E-state index in [4.69, 9.17) is 9.26 Å². The molecule has 0 spiro atoms. The Kier molecular flexibility index (Phi) is 5.50. The normalized spacial score (nSPS) is 11.2. The van der Waals surface area contributed by atoms with Crippen LogP contribution >= 0.6 is 0 Å². The molecule has 0 saturated heterocycles. The maximum Gasteiger partial charge on any atom is 0.358 e. The molecule has 0 saturated carbocycles. The van der Waals surface area contributed by atoms with Gasteiger partial charge in [0.05, 0.1) is 18.3 Å². The van der Waals surface area contributed by atoms with Crippen LogP contribution in [0, 0.1) is 6.92 Å². The van der Waals surface area contributed by atoms with Crippen molar-refractivity contribution in [1.29, 1.82) is 0 Å². The number of anilines is 1. The summed E-state index contributed by atoms with van der Waals surface area (Å²) in [5.41, 5.74) is 1.21. The Labute approximate surface area is 193 Å². The van der Waals surface area contributed by atoms with Crippen LogP contribution < -0.4 is 11.0 Å². The highest BCUT2D eigenvalue weighted by Gasteiger charge is 2.13. The number of ether oxygens (including phenoxy) is 1. The van der Waals surface area contributed by atoms with Gasteiger partial charge in [-0.15, -0.1) is 0 Å². The average molecular weight is 459 g/mol. The molecule has 0 unspecified atom stereocenters. The van der Waals surface area contributed by atoms with Crippen LogP contribution in [0.4, 0.5) is 5.82 Å². The van der Waals surface area contributed by atoms with Gasteiger partial charge in [-0.3, -0.25) is 8.97 Å². The molecule has 0 aliphatic heterocycles. The van der Waals surface area contributed by atoms with Crippen LogP contribution in [-0.4, -0.2) is 48.2 Å². The zero-order valence-corrected chi connectivity index (χ0v) is 18.6. The molecule has 0 aliphatic carbocycles.